The predicted octanol–water partition coefficient (Wildman–Crippen LogP) is 4.63. The van der Waals surface area contributed by atoms with Crippen LogP contribution in [0.1, 0.15) is 68.1 Å². The van der Waals surface area contributed by atoms with Gasteiger partial charge < -0.3 is 5.32 Å². The van der Waals surface area contributed by atoms with E-state index in [0.29, 0.717) is 12.1 Å². The molecule has 3 atom stereocenters. The first-order valence-corrected chi connectivity index (χ1v) is 8.49. The van der Waals surface area contributed by atoms with Gasteiger partial charge in [0.05, 0.1) is 11.7 Å². The molecule has 1 saturated carbocycles. The van der Waals surface area contributed by atoms with Crippen LogP contribution in [0.15, 0.2) is 0 Å². The van der Waals surface area contributed by atoms with Crippen LogP contribution in [-0.4, -0.2) is 11.0 Å². The number of nitrogens with zero attached hydrogens (tertiary/aromatic N) is 1. The summed E-state index contributed by atoms with van der Waals surface area (Å²) in [6.07, 6.45) is 5.49. The van der Waals surface area contributed by atoms with Crippen molar-refractivity contribution in [2.24, 2.45) is 11.8 Å². The second-order valence-electron chi connectivity index (χ2n) is 6.52. The third kappa shape index (κ3) is 3.79. The SMILES string of the molecule is Cc1nc(C(NC(C)C)C2CCCC(C)C2)sc1C. The van der Waals surface area contributed by atoms with Crippen LogP contribution < -0.4 is 5.32 Å². The highest BCUT2D eigenvalue weighted by molar-refractivity contribution is 7.11. The quantitative estimate of drug-likeness (QED) is 0.870. The average Bonchev–Trinajstić information content (AvgIpc) is 2.66. The van der Waals surface area contributed by atoms with Crippen molar-refractivity contribution >= 4 is 11.3 Å². The lowest BCUT2D eigenvalue weighted by molar-refractivity contribution is 0.216. The lowest BCUT2D eigenvalue weighted by Gasteiger charge is -2.34. The molecule has 0 aromatic carbocycles. The molecule has 3 unspecified atom stereocenters. The van der Waals surface area contributed by atoms with Crippen LogP contribution in [0.25, 0.3) is 0 Å². The van der Waals surface area contributed by atoms with E-state index in [0.717, 1.165) is 11.8 Å². The van der Waals surface area contributed by atoms with Crippen molar-refractivity contribution in [1.29, 1.82) is 0 Å². The summed E-state index contributed by atoms with van der Waals surface area (Å²) < 4.78 is 0. The first-order chi connectivity index (χ1) is 8.97. The Bertz CT molecular complexity index is 391. The lowest BCUT2D eigenvalue weighted by Crippen LogP contribution is -2.35. The molecule has 3 heteroatoms. The third-order valence-corrected chi connectivity index (χ3v) is 5.43. The molecule has 0 spiro atoms. The Morgan fingerprint density at radius 3 is 2.53 bits per heavy atom. The van der Waals surface area contributed by atoms with E-state index in [9.17, 15) is 0 Å². The maximum absolute atomic E-state index is 4.82. The van der Waals surface area contributed by atoms with Gasteiger partial charge in [0.1, 0.15) is 5.01 Å². The van der Waals surface area contributed by atoms with E-state index in [1.807, 2.05) is 11.3 Å². The van der Waals surface area contributed by atoms with Crippen LogP contribution >= 0.6 is 11.3 Å². The fourth-order valence-electron chi connectivity index (χ4n) is 3.18. The molecular weight excluding hydrogens is 252 g/mol. The molecule has 2 rings (SSSR count). The van der Waals surface area contributed by atoms with Gasteiger partial charge in [-0.15, -0.1) is 11.3 Å². The van der Waals surface area contributed by atoms with Crippen molar-refractivity contribution in [3.05, 3.63) is 15.6 Å². The second-order valence-corrected chi connectivity index (χ2v) is 7.76. The highest BCUT2D eigenvalue weighted by Gasteiger charge is 2.30. The summed E-state index contributed by atoms with van der Waals surface area (Å²) in [4.78, 5) is 6.19. The second kappa shape index (κ2) is 6.36. The molecule has 19 heavy (non-hydrogen) atoms. The van der Waals surface area contributed by atoms with Gasteiger partial charge in [-0.05, 0) is 38.5 Å². The first-order valence-electron chi connectivity index (χ1n) is 7.67. The molecule has 1 aliphatic rings. The van der Waals surface area contributed by atoms with Gasteiger partial charge in [0, 0.05) is 10.9 Å². The topological polar surface area (TPSA) is 24.9 Å². The van der Waals surface area contributed by atoms with Gasteiger partial charge in [-0.1, -0.05) is 33.6 Å². The third-order valence-electron chi connectivity index (χ3n) is 4.27. The minimum atomic E-state index is 0.458. The molecule has 0 radical (unpaired) electrons. The van der Waals surface area contributed by atoms with E-state index in [2.05, 4.69) is 39.9 Å². The van der Waals surface area contributed by atoms with Crippen LogP contribution in [0, 0.1) is 25.7 Å². The van der Waals surface area contributed by atoms with Crippen LogP contribution in [0.3, 0.4) is 0 Å². The Kier molecular flexibility index (Phi) is 5.02. The Labute approximate surface area is 122 Å². The molecule has 0 aliphatic heterocycles. The molecule has 1 N–H and O–H groups in total. The minimum Gasteiger partial charge on any atom is -0.305 e. The predicted molar refractivity (Wildman–Crippen MR) is 83.7 cm³/mol. The van der Waals surface area contributed by atoms with Crippen LogP contribution in [0.2, 0.25) is 0 Å². The number of hydrogen-bond acceptors (Lipinski definition) is 3. The molecular formula is C16H28N2S. The molecule has 2 nitrogen and oxygen atoms in total. The summed E-state index contributed by atoms with van der Waals surface area (Å²) in [5.74, 6) is 1.63. The molecule has 108 valence electrons. The number of nitrogens with one attached hydrogen (secondary N) is 1. The average molecular weight is 280 g/mol. The molecule has 0 bridgehead atoms. The van der Waals surface area contributed by atoms with Gasteiger partial charge in [-0.2, -0.15) is 0 Å². The number of hydrogen-bond donors (Lipinski definition) is 1. The normalized spacial score (nSPS) is 25.8. The summed E-state index contributed by atoms with van der Waals surface area (Å²) in [5.41, 5.74) is 1.21. The minimum absolute atomic E-state index is 0.458. The van der Waals surface area contributed by atoms with Crippen molar-refractivity contribution in [3.63, 3.8) is 0 Å². The summed E-state index contributed by atoms with van der Waals surface area (Å²) >= 11 is 1.89. The summed E-state index contributed by atoms with van der Waals surface area (Å²) in [5, 5.41) is 5.08. The standard InChI is InChI=1S/C16H28N2S/c1-10(2)17-15(14-8-6-7-11(3)9-14)16-18-12(4)13(5)19-16/h10-11,14-15,17H,6-9H2,1-5H3. The zero-order valence-electron chi connectivity index (χ0n) is 13.0. The fourth-order valence-corrected chi connectivity index (χ4v) is 4.26. The van der Waals surface area contributed by atoms with Gasteiger partial charge in [0.2, 0.25) is 0 Å². The maximum Gasteiger partial charge on any atom is 0.110 e. The molecule has 0 amide bonds. The molecule has 0 saturated heterocycles. The number of thiazole rings is 1. The zero-order chi connectivity index (χ0) is 14.0. The highest BCUT2D eigenvalue weighted by atomic mass is 32.1. The zero-order valence-corrected chi connectivity index (χ0v) is 13.8. The van der Waals surface area contributed by atoms with Crippen molar-refractivity contribution < 1.29 is 0 Å². The first kappa shape index (κ1) is 15.0. The Hall–Kier alpha value is -0.410. The van der Waals surface area contributed by atoms with E-state index < -0.39 is 0 Å². The maximum atomic E-state index is 4.82. The monoisotopic (exact) mass is 280 g/mol. The van der Waals surface area contributed by atoms with Crippen LogP contribution in [0.4, 0.5) is 0 Å². The van der Waals surface area contributed by atoms with E-state index >= 15 is 0 Å². The smallest absolute Gasteiger partial charge is 0.110 e. The molecule has 1 fully saturated rings. The molecule has 1 aromatic heterocycles. The van der Waals surface area contributed by atoms with Gasteiger partial charge in [0.25, 0.3) is 0 Å². The van der Waals surface area contributed by atoms with E-state index in [4.69, 9.17) is 4.98 Å². The number of aromatic nitrogens is 1. The lowest BCUT2D eigenvalue weighted by atomic mass is 9.78. The van der Waals surface area contributed by atoms with Gasteiger partial charge in [-0.3, -0.25) is 0 Å². The molecule has 1 heterocycles. The Morgan fingerprint density at radius 2 is 2.00 bits per heavy atom. The van der Waals surface area contributed by atoms with E-state index in [1.165, 1.54) is 41.3 Å². The van der Waals surface area contributed by atoms with Crippen LogP contribution in [-0.2, 0) is 0 Å². The van der Waals surface area contributed by atoms with Gasteiger partial charge in [0.15, 0.2) is 0 Å². The highest BCUT2D eigenvalue weighted by Crippen LogP contribution is 2.39. The van der Waals surface area contributed by atoms with Gasteiger partial charge in [-0.25, -0.2) is 4.98 Å². The van der Waals surface area contributed by atoms with Crippen molar-refractivity contribution in [3.8, 4) is 0 Å². The molecule has 1 aromatic rings. The van der Waals surface area contributed by atoms with Crippen molar-refractivity contribution in [2.75, 3.05) is 0 Å². The fraction of sp³-hybridized carbons (Fsp3) is 0.812. The van der Waals surface area contributed by atoms with Crippen LogP contribution in [0.5, 0.6) is 0 Å². The van der Waals surface area contributed by atoms with E-state index in [-0.39, 0.29) is 0 Å². The summed E-state index contributed by atoms with van der Waals surface area (Å²) in [7, 11) is 0. The van der Waals surface area contributed by atoms with E-state index in [1.54, 1.807) is 0 Å². The van der Waals surface area contributed by atoms with Gasteiger partial charge >= 0.3 is 0 Å². The van der Waals surface area contributed by atoms with Crippen molar-refractivity contribution in [1.82, 2.24) is 10.3 Å². The largest absolute Gasteiger partial charge is 0.305 e. The summed E-state index contributed by atoms with van der Waals surface area (Å²) in [6, 6.07) is 0.979. The molecule has 1 aliphatic carbocycles. The van der Waals surface area contributed by atoms with Crippen molar-refractivity contribution in [2.45, 2.75) is 72.4 Å². The summed E-state index contributed by atoms with van der Waals surface area (Å²) in [6.45, 7) is 11.2. The Morgan fingerprint density at radius 1 is 1.26 bits per heavy atom. The number of aryl methyl sites for hydroxylation is 2. The number of rotatable bonds is 4. The Balaban J connectivity index is 2.19.